The van der Waals surface area contributed by atoms with Crippen molar-refractivity contribution in [3.8, 4) is 0 Å². The molecule has 0 radical (unpaired) electrons. The fourth-order valence-electron chi connectivity index (χ4n) is 8.70. The average Bonchev–Trinajstić information content (AvgIpc) is 3.39. The maximum Gasteiger partial charge on any atom is 0.220 e. The molecule has 9 heteroatoms. The Labute approximate surface area is 446 Å². The van der Waals surface area contributed by atoms with E-state index in [9.17, 15) is 30.3 Å². The summed E-state index contributed by atoms with van der Waals surface area (Å²) in [6.45, 7) is 3.65. The third-order valence-corrected chi connectivity index (χ3v) is 13.4. The van der Waals surface area contributed by atoms with Gasteiger partial charge in [-0.1, -0.05) is 252 Å². The van der Waals surface area contributed by atoms with Crippen molar-refractivity contribution in [2.45, 2.75) is 275 Å². The van der Waals surface area contributed by atoms with Crippen molar-refractivity contribution in [2.24, 2.45) is 0 Å². The second-order valence-electron chi connectivity index (χ2n) is 20.1. The lowest BCUT2D eigenvalue weighted by atomic mass is 9.99. The predicted molar refractivity (Wildman–Crippen MR) is 308 cm³/mol. The van der Waals surface area contributed by atoms with E-state index in [1.165, 1.54) is 122 Å². The van der Waals surface area contributed by atoms with Crippen LogP contribution in [0.25, 0.3) is 0 Å². The van der Waals surface area contributed by atoms with Crippen LogP contribution in [0.2, 0.25) is 0 Å². The van der Waals surface area contributed by atoms with Gasteiger partial charge in [0.1, 0.15) is 24.4 Å². The Morgan fingerprint density at radius 3 is 1.26 bits per heavy atom. The van der Waals surface area contributed by atoms with Crippen LogP contribution in [-0.2, 0) is 14.3 Å². The normalized spacial score (nSPS) is 19.9. The average molecular weight is 1020 g/mol. The number of amides is 1. The number of rotatable bonds is 49. The van der Waals surface area contributed by atoms with Crippen molar-refractivity contribution < 1.29 is 39.8 Å². The number of aliphatic hydroxyl groups excluding tert-OH is 5. The van der Waals surface area contributed by atoms with Gasteiger partial charge in [0.2, 0.25) is 5.91 Å². The fraction of sp³-hybridized carbons (Fsp3) is 0.703. The van der Waals surface area contributed by atoms with Crippen LogP contribution in [0.15, 0.2) is 109 Å². The highest BCUT2D eigenvalue weighted by atomic mass is 16.7. The zero-order chi connectivity index (χ0) is 52.9. The third-order valence-electron chi connectivity index (χ3n) is 13.4. The lowest BCUT2D eigenvalue weighted by molar-refractivity contribution is -0.302. The number of ether oxygens (including phenoxy) is 2. The Bertz CT molecular complexity index is 1510. The zero-order valence-corrected chi connectivity index (χ0v) is 46.4. The minimum atomic E-state index is -1.58. The van der Waals surface area contributed by atoms with Crippen LogP contribution in [0.3, 0.4) is 0 Å². The molecule has 1 fully saturated rings. The van der Waals surface area contributed by atoms with Gasteiger partial charge in [-0.25, -0.2) is 0 Å². The Morgan fingerprint density at radius 1 is 0.479 bits per heavy atom. The summed E-state index contributed by atoms with van der Waals surface area (Å²) in [4.78, 5) is 13.1. The van der Waals surface area contributed by atoms with Crippen molar-refractivity contribution in [1.82, 2.24) is 5.32 Å². The van der Waals surface area contributed by atoms with E-state index in [1.807, 2.05) is 6.08 Å². The van der Waals surface area contributed by atoms with Crippen molar-refractivity contribution in [1.29, 1.82) is 0 Å². The molecule has 1 aliphatic rings. The summed E-state index contributed by atoms with van der Waals surface area (Å²) in [5.74, 6) is -0.222. The van der Waals surface area contributed by atoms with E-state index in [2.05, 4.69) is 116 Å². The molecule has 7 unspecified atom stereocenters. The van der Waals surface area contributed by atoms with E-state index in [0.29, 0.717) is 6.42 Å². The lowest BCUT2D eigenvalue weighted by Crippen LogP contribution is -2.60. The Hall–Kier alpha value is -3.15. The quantitative estimate of drug-likeness (QED) is 0.0261. The van der Waals surface area contributed by atoms with Crippen LogP contribution in [0, 0.1) is 0 Å². The van der Waals surface area contributed by atoms with Crippen molar-refractivity contribution in [2.75, 3.05) is 13.2 Å². The first-order valence-electron chi connectivity index (χ1n) is 29.6. The monoisotopic (exact) mass is 1020 g/mol. The van der Waals surface area contributed by atoms with Gasteiger partial charge in [0.25, 0.3) is 0 Å². The van der Waals surface area contributed by atoms with Crippen LogP contribution in [0.5, 0.6) is 0 Å². The largest absolute Gasteiger partial charge is 0.394 e. The highest BCUT2D eigenvalue weighted by molar-refractivity contribution is 5.76. The SMILES string of the molecule is CC/C=C\C/C=C\C/C=C\C/C=C\C/C=C\C/C=C\C/C=C\C/C=C\CCCCC(=O)NC(COC1OC(CO)C(O)C(O)C1O)C(O)/C=C/CCCCCCCCCCCCCCCCCCCCCCC. The van der Waals surface area contributed by atoms with E-state index < -0.39 is 49.5 Å². The smallest absolute Gasteiger partial charge is 0.220 e. The van der Waals surface area contributed by atoms with E-state index >= 15 is 0 Å². The number of hydrogen-bond acceptors (Lipinski definition) is 8. The number of aliphatic hydroxyl groups is 5. The van der Waals surface area contributed by atoms with Gasteiger partial charge < -0.3 is 40.3 Å². The predicted octanol–water partition coefficient (Wildman–Crippen LogP) is 15.0. The van der Waals surface area contributed by atoms with Crippen LogP contribution >= 0.6 is 0 Å². The molecular weight excluding hydrogens is 911 g/mol. The Balaban J connectivity index is 2.29. The topological polar surface area (TPSA) is 149 Å². The van der Waals surface area contributed by atoms with Gasteiger partial charge in [0.15, 0.2) is 6.29 Å². The number of hydrogen-bond donors (Lipinski definition) is 6. The summed E-state index contributed by atoms with van der Waals surface area (Å²) in [7, 11) is 0. The molecule has 0 bridgehead atoms. The van der Waals surface area contributed by atoms with Gasteiger partial charge in [-0.05, 0) is 83.5 Å². The molecule has 1 heterocycles. The second kappa shape index (κ2) is 52.3. The molecule has 7 atom stereocenters. The maximum absolute atomic E-state index is 13.1. The minimum Gasteiger partial charge on any atom is -0.394 e. The summed E-state index contributed by atoms with van der Waals surface area (Å²) in [5.41, 5.74) is 0. The van der Waals surface area contributed by atoms with Gasteiger partial charge in [-0.2, -0.15) is 0 Å². The van der Waals surface area contributed by atoms with E-state index in [0.717, 1.165) is 83.5 Å². The highest BCUT2D eigenvalue weighted by Gasteiger charge is 2.44. The Kier molecular flexibility index (Phi) is 48.6. The summed E-state index contributed by atoms with van der Waals surface area (Å²) < 4.78 is 11.3. The van der Waals surface area contributed by atoms with Gasteiger partial charge in [0.05, 0.1) is 25.4 Å². The molecule has 1 aliphatic heterocycles. The first-order chi connectivity index (χ1) is 35.8. The molecule has 1 saturated heterocycles. The molecule has 73 heavy (non-hydrogen) atoms. The van der Waals surface area contributed by atoms with Crippen molar-refractivity contribution in [3.63, 3.8) is 0 Å². The molecule has 0 spiro atoms. The fourth-order valence-corrected chi connectivity index (χ4v) is 8.70. The summed E-state index contributed by atoms with van der Waals surface area (Å²) in [5, 5.41) is 54.5. The number of nitrogens with one attached hydrogen (secondary N) is 1. The molecular formula is C64H109NO8. The molecule has 1 amide bonds. The van der Waals surface area contributed by atoms with Crippen LogP contribution in [0.1, 0.15) is 232 Å². The maximum atomic E-state index is 13.1. The van der Waals surface area contributed by atoms with Crippen molar-refractivity contribution >= 4 is 5.91 Å². The van der Waals surface area contributed by atoms with Crippen LogP contribution in [-0.4, -0.2) is 87.5 Å². The third kappa shape index (κ3) is 41.7. The van der Waals surface area contributed by atoms with Gasteiger partial charge in [0, 0.05) is 6.42 Å². The van der Waals surface area contributed by atoms with Gasteiger partial charge >= 0.3 is 0 Å². The number of unbranched alkanes of at least 4 members (excludes halogenated alkanes) is 23. The number of allylic oxidation sites excluding steroid dienone is 17. The highest BCUT2D eigenvalue weighted by Crippen LogP contribution is 2.23. The molecule has 0 aromatic heterocycles. The molecule has 1 rings (SSSR count). The second-order valence-corrected chi connectivity index (χ2v) is 20.1. The molecule has 0 aromatic rings. The summed E-state index contributed by atoms with van der Waals surface area (Å²) >= 11 is 0. The molecule has 0 saturated carbocycles. The van der Waals surface area contributed by atoms with Crippen LogP contribution < -0.4 is 5.32 Å². The lowest BCUT2D eigenvalue weighted by Gasteiger charge is -2.40. The summed E-state index contributed by atoms with van der Waals surface area (Å²) in [6, 6.07) is -0.838. The van der Waals surface area contributed by atoms with E-state index in [-0.39, 0.29) is 18.9 Å². The van der Waals surface area contributed by atoms with Gasteiger partial charge in [-0.3, -0.25) is 4.79 Å². The molecule has 6 N–H and O–H groups in total. The molecule has 9 nitrogen and oxygen atoms in total. The van der Waals surface area contributed by atoms with Crippen LogP contribution in [0.4, 0.5) is 0 Å². The first kappa shape index (κ1) is 67.9. The Morgan fingerprint density at radius 2 is 0.849 bits per heavy atom. The van der Waals surface area contributed by atoms with Crippen molar-refractivity contribution in [3.05, 3.63) is 109 Å². The minimum absolute atomic E-state index is 0.213. The zero-order valence-electron chi connectivity index (χ0n) is 46.4. The van der Waals surface area contributed by atoms with E-state index in [1.54, 1.807) is 6.08 Å². The molecule has 0 aromatic carbocycles. The summed E-state index contributed by atoms with van der Waals surface area (Å²) in [6.07, 6.45) is 70.1. The molecule has 418 valence electrons. The molecule has 0 aliphatic carbocycles. The number of carbonyl (C=O) groups is 1. The van der Waals surface area contributed by atoms with Gasteiger partial charge in [-0.15, -0.1) is 0 Å². The standard InChI is InChI=1S/C64H109NO8/c1-3-5-7-9-11-13-15-17-19-21-23-25-27-28-29-30-32-34-36-38-40-42-44-46-48-50-52-54-60(68)65-57(56-72-64-63(71)62(70)61(69)59(55-66)73-64)58(67)53-51-49-47-45-43-41-39-37-35-33-31-26-24-22-20-18-16-14-12-10-8-6-4-2/h5,7,11,13,17,19,23,25,28-29,32,34,38,40,44,46,51,53,57-59,61-64,66-67,69-71H,3-4,6,8-10,12,14-16,18,20-22,24,26-27,30-31,33,35-37,39,41-43,45,47-50,52,54-56H2,1-2H3,(H,65,68)/b7-5-,13-11-,19-17-,25-23-,29-28-,34-32-,40-38-,46-44-,53-51+. The first-order valence-corrected chi connectivity index (χ1v) is 29.6. The number of carbonyl (C=O) groups excluding carboxylic acids is 1. The van der Waals surface area contributed by atoms with E-state index in [4.69, 9.17) is 9.47 Å².